The first kappa shape index (κ1) is 11.6. The number of rotatable bonds is 3. The van der Waals surface area contributed by atoms with Crippen LogP contribution in [0.3, 0.4) is 0 Å². The lowest BCUT2D eigenvalue weighted by Crippen LogP contribution is -2.30. The number of hydrogen-bond donors (Lipinski definition) is 1. The van der Waals surface area contributed by atoms with Crippen LogP contribution in [0.5, 0.6) is 5.75 Å². The monoisotopic (exact) mass is 240 g/mol. The summed E-state index contributed by atoms with van der Waals surface area (Å²) in [5.41, 5.74) is 6.37. The molecule has 88 valence electrons. The molecule has 0 spiro atoms. The van der Waals surface area contributed by atoms with Crippen LogP contribution >= 0.6 is 11.6 Å². The van der Waals surface area contributed by atoms with Crippen molar-refractivity contribution in [3.8, 4) is 5.75 Å². The Bertz CT molecular complexity index is 370. The summed E-state index contributed by atoms with van der Waals surface area (Å²) in [6, 6.07) is 5.82. The smallest absolute Gasteiger partial charge is 0.140 e. The van der Waals surface area contributed by atoms with Crippen LogP contribution < -0.4 is 10.5 Å². The van der Waals surface area contributed by atoms with Crippen molar-refractivity contribution in [3.63, 3.8) is 0 Å². The van der Waals surface area contributed by atoms with Crippen LogP contribution in [0.1, 0.15) is 12.8 Å². The molecule has 0 bridgehead atoms. The average Bonchev–Trinajstić information content (AvgIpc) is 2.66. The number of hydrogen-bond acceptors (Lipinski definition) is 3. The number of benzene rings is 1. The van der Waals surface area contributed by atoms with Gasteiger partial charge in [0.05, 0.1) is 5.02 Å². The van der Waals surface area contributed by atoms with Crippen LogP contribution in [0.2, 0.25) is 5.02 Å². The van der Waals surface area contributed by atoms with Gasteiger partial charge in [-0.05, 0) is 38.6 Å². The molecule has 1 aromatic rings. The average molecular weight is 241 g/mol. The molecule has 2 N–H and O–H groups in total. The van der Waals surface area contributed by atoms with E-state index in [1.807, 2.05) is 0 Å². The zero-order valence-corrected chi connectivity index (χ0v) is 10.2. The summed E-state index contributed by atoms with van der Waals surface area (Å²) < 4.78 is 5.72. The van der Waals surface area contributed by atoms with Crippen molar-refractivity contribution in [2.45, 2.75) is 18.9 Å². The highest BCUT2D eigenvalue weighted by Gasteiger charge is 2.21. The number of nitrogens with zero attached hydrogens (tertiary/aromatic N) is 1. The molecule has 1 unspecified atom stereocenters. The predicted molar refractivity (Wildman–Crippen MR) is 67.0 cm³/mol. The van der Waals surface area contributed by atoms with Crippen LogP contribution in [0, 0.1) is 0 Å². The van der Waals surface area contributed by atoms with Crippen molar-refractivity contribution >= 4 is 17.3 Å². The lowest BCUT2D eigenvalue weighted by Gasteiger charge is -2.20. The highest BCUT2D eigenvalue weighted by atomic mass is 35.5. The highest BCUT2D eigenvalue weighted by molar-refractivity contribution is 6.32. The Hall–Kier alpha value is -0.930. The molecular weight excluding hydrogens is 224 g/mol. The van der Waals surface area contributed by atoms with Crippen LogP contribution in [0.4, 0.5) is 5.69 Å². The van der Waals surface area contributed by atoms with Crippen LogP contribution in [0.25, 0.3) is 0 Å². The summed E-state index contributed by atoms with van der Waals surface area (Å²) in [4.78, 5) is 2.32. The number of halogens is 1. The first-order valence-corrected chi connectivity index (χ1v) is 5.92. The van der Waals surface area contributed by atoms with Gasteiger partial charge >= 0.3 is 0 Å². The molecule has 1 aliphatic rings. The van der Waals surface area contributed by atoms with Crippen molar-refractivity contribution < 1.29 is 4.74 Å². The fourth-order valence-corrected chi connectivity index (χ4v) is 2.18. The van der Waals surface area contributed by atoms with Gasteiger partial charge in [-0.1, -0.05) is 11.6 Å². The van der Waals surface area contributed by atoms with Gasteiger partial charge in [-0.25, -0.2) is 0 Å². The maximum atomic E-state index is 6.02. The van der Waals surface area contributed by atoms with Gasteiger partial charge in [0.1, 0.15) is 12.4 Å². The summed E-state index contributed by atoms with van der Waals surface area (Å²) in [5.74, 6) is 0.682. The van der Waals surface area contributed by atoms with Crippen molar-refractivity contribution in [1.29, 1.82) is 0 Å². The maximum absolute atomic E-state index is 6.02. The molecule has 1 aromatic carbocycles. The molecule has 1 aliphatic heterocycles. The third-order valence-electron chi connectivity index (χ3n) is 3.06. The van der Waals surface area contributed by atoms with Gasteiger partial charge in [0.25, 0.3) is 0 Å². The van der Waals surface area contributed by atoms with Gasteiger partial charge < -0.3 is 15.4 Å². The molecule has 0 radical (unpaired) electrons. The molecular formula is C12H17ClN2O. The lowest BCUT2D eigenvalue weighted by atomic mass is 10.2. The van der Waals surface area contributed by atoms with Gasteiger partial charge in [0, 0.05) is 17.8 Å². The van der Waals surface area contributed by atoms with Gasteiger partial charge in [0.15, 0.2) is 0 Å². The SMILES string of the molecule is CN1CCCC1COc1cc(N)ccc1Cl. The second-order valence-corrected chi connectivity index (χ2v) is 4.68. The number of likely N-dealkylation sites (tertiary alicyclic amines) is 1. The minimum Gasteiger partial charge on any atom is -0.490 e. The number of anilines is 1. The molecule has 0 aliphatic carbocycles. The Balaban J connectivity index is 1.96. The largest absolute Gasteiger partial charge is 0.490 e. The summed E-state index contributed by atoms with van der Waals surface area (Å²) in [5, 5.41) is 0.620. The van der Waals surface area contributed by atoms with E-state index in [2.05, 4.69) is 11.9 Å². The van der Waals surface area contributed by atoms with Crippen molar-refractivity contribution in [2.24, 2.45) is 0 Å². The topological polar surface area (TPSA) is 38.5 Å². The molecule has 0 saturated carbocycles. The molecule has 2 rings (SSSR count). The summed E-state index contributed by atoms with van der Waals surface area (Å²) in [7, 11) is 2.13. The van der Waals surface area contributed by atoms with Crippen LogP contribution in [0.15, 0.2) is 18.2 Å². The van der Waals surface area contributed by atoms with E-state index in [4.69, 9.17) is 22.1 Å². The molecule has 1 atom stereocenters. The third-order valence-corrected chi connectivity index (χ3v) is 3.37. The van der Waals surface area contributed by atoms with Gasteiger partial charge in [0.2, 0.25) is 0 Å². The fraction of sp³-hybridized carbons (Fsp3) is 0.500. The molecule has 16 heavy (non-hydrogen) atoms. The molecule has 3 nitrogen and oxygen atoms in total. The van der Waals surface area contributed by atoms with E-state index in [1.54, 1.807) is 18.2 Å². The Kier molecular flexibility index (Phi) is 3.56. The highest BCUT2D eigenvalue weighted by Crippen LogP contribution is 2.27. The molecule has 4 heteroatoms. The van der Waals surface area contributed by atoms with Crippen molar-refractivity contribution in [3.05, 3.63) is 23.2 Å². The van der Waals surface area contributed by atoms with E-state index in [0.29, 0.717) is 29.1 Å². The molecule has 0 amide bonds. The van der Waals surface area contributed by atoms with E-state index in [0.717, 1.165) is 6.54 Å². The first-order chi connectivity index (χ1) is 7.66. The Morgan fingerprint density at radius 3 is 3.06 bits per heavy atom. The van der Waals surface area contributed by atoms with Gasteiger partial charge in [-0.15, -0.1) is 0 Å². The molecule has 1 saturated heterocycles. The van der Waals surface area contributed by atoms with E-state index in [9.17, 15) is 0 Å². The first-order valence-electron chi connectivity index (χ1n) is 5.55. The Morgan fingerprint density at radius 2 is 2.38 bits per heavy atom. The van der Waals surface area contributed by atoms with Crippen LogP contribution in [-0.2, 0) is 0 Å². The second kappa shape index (κ2) is 4.93. The number of nitrogen functional groups attached to an aromatic ring is 1. The minimum absolute atomic E-state index is 0.498. The molecule has 1 heterocycles. The van der Waals surface area contributed by atoms with Crippen LogP contribution in [-0.4, -0.2) is 31.1 Å². The summed E-state index contributed by atoms with van der Waals surface area (Å²) in [6.45, 7) is 1.83. The molecule has 0 aromatic heterocycles. The fourth-order valence-electron chi connectivity index (χ4n) is 2.01. The summed E-state index contributed by atoms with van der Waals surface area (Å²) >= 11 is 6.02. The Labute approximate surface area is 101 Å². The zero-order chi connectivity index (χ0) is 11.5. The van der Waals surface area contributed by atoms with Gasteiger partial charge in [-0.2, -0.15) is 0 Å². The van der Waals surface area contributed by atoms with Crippen molar-refractivity contribution in [1.82, 2.24) is 4.90 Å². The minimum atomic E-state index is 0.498. The van der Waals surface area contributed by atoms with E-state index in [1.165, 1.54) is 12.8 Å². The van der Waals surface area contributed by atoms with E-state index < -0.39 is 0 Å². The number of ether oxygens (including phenoxy) is 1. The maximum Gasteiger partial charge on any atom is 0.140 e. The summed E-state index contributed by atoms with van der Waals surface area (Å²) in [6.07, 6.45) is 2.44. The third kappa shape index (κ3) is 2.60. The standard InChI is InChI=1S/C12H17ClN2O/c1-15-6-2-3-10(15)8-16-12-7-9(14)4-5-11(12)13/h4-5,7,10H,2-3,6,8,14H2,1H3. The van der Waals surface area contributed by atoms with Gasteiger partial charge in [-0.3, -0.25) is 0 Å². The van der Waals surface area contributed by atoms with E-state index in [-0.39, 0.29) is 0 Å². The lowest BCUT2D eigenvalue weighted by molar-refractivity contribution is 0.198. The zero-order valence-electron chi connectivity index (χ0n) is 9.45. The van der Waals surface area contributed by atoms with E-state index >= 15 is 0 Å². The second-order valence-electron chi connectivity index (χ2n) is 4.28. The van der Waals surface area contributed by atoms with Crippen molar-refractivity contribution in [2.75, 3.05) is 25.9 Å². The number of nitrogens with two attached hydrogens (primary N) is 1. The predicted octanol–water partition coefficient (Wildman–Crippen LogP) is 2.40. The molecule has 1 fully saturated rings. The Morgan fingerprint density at radius 1 is 1.56 bits per heavy atom. The number of likely N-dealkylation sites (N-methyl/N-ethyl adjacent to an activating group) is 1. The quantitative estimate of drug-likeness (QED) is 0.825. The normalized spacial score (nSPS) is 21.2.